The highest BCUT2D eigenvalue weighted by molar-refractivity contribution is 7.18. The summed E-state index contributed by atoms with van der Waals surface area (Å²) in [4.78, 5) is 19.7. The Bertz CT molecular complexity index is 961. The molecule has 0 unspecified atom stereocenters. The number of methoxy groups -OCH3 is 1. The maximum absolute atomic E-state index is 13.0. The van der Waals surface area contributed by atoms with Crippen molar-refractivity contribution >= 4 is 21.6 Å². The molecular formula is C19H20N2O3S. The molecule has 130 valence electrons. The lowest BCUT2D eigenvalue weighted by Gasteiger charge is -2.12. The lowest BCUT2D eigenvalue weighted by molar-refractivity contribution is 0.145. The second-order valence-electron chi connectivity index (χ2n) is 6.16. The first-order valence-corrected chi connectivity index (χ1v) is 9.29. The van der Waals surface area contributed by atoms with Crippen LogP contribution in [0.15, 0.2) is 35.4 Å². The Balaban J connectivity index is 1.68. The van der Waals surface area contributed by atoms with E-state index in [1.165, 1.54) is 10.4 Å². The molecule has 25 heavy (non-hydrogen) atoms. The summed E-state index contributed by atoms with van der Waals surface area (Å²) in [6.45, 7) is 1.47. The van der Waals surface area contributed by atoms with Crippen LogP contribution in [0.1, 0.15) is 22.4 Å². The summed E-state index contributed by atoms with van der Waals surface area (Å²) < 4.78 is 12.5. The molecule has 0 amide bonds. The molecule has 0 bridgehead atoms. The van der Waals surface area contributed by atoms with Gasteiger partial charge in [-0.25, -0.2) is 4.98 Å². The van der Waals surface area contributed by atoms with E-state index in [9.17, 15) is 4.79 Å². The molecule has 1 aliphatic carbocycles. The highest BCUT2D eigenvalue weighted by Gasteiger charge is 2.21. The number of aryl methyl sites for hydroxylation is 2. The van der Waals surface area contributed by atoms with E-state index < -0.39 is 0 Å². The third-order valence-electron chi connectivity index (χ3n) is 4.55. The van der Waals surface area contributed by atoms with Crippen molar-refractivity contribution in [3.63, 3.8) is 0 Å². The average molecular weight is 356 g/mol. The topological polar surface area (TPSA) is 53.4 Å². The fourth-order valence-corrected chi connectivity index (χ4v) is 4.55. The van der Waals surface area contributed by atoms with Crippen molar-refractivity contribution in [2.24, 2.45) is 0 Å². The van der Waals surface area contributed by atoms with Gasteiger partial charge in [-0.1, -0.05) is 18.2 Å². The Labute approximate surface area is 149 Å². The van der Waals surface area contributed by atoms with Crippen LogP contribution in [0.3, 0.4) is 0 Å². The first-order valence-electron chi connectivity index (χ1n) is 8.47. The molecule has 1 aromatic carbocycles. The Morgan fingerprint density at radius 2 is 2.12 bits per heavy atom. The van der Waals surface area contributed by atoms with Crippen molar-refractivity contribution in [3.05, 3.63) is 57.0 Å². The smallest absolute Gasteiger partial charge is 0.262 e. The molecule has 0 radical (unpaired) electrons. The molecule has 0 atom stereocenters. The molecule has 2 aromatic heterocycles. The van der Waals surface area contributed by atoms with E-state index in [2.05, 4.69) is 4.98 Å². The molecular weight excluding hydrogens is 336 g/mol. The summed E-state index contributed by atoms with van der Waals surface area (Å²) in [5.74, 6) is 0.780. The first-order chi connectivity index (χ1) is 12.3. The fourth-order valence-electron chi connectivity index (χ4n) is 3.33. The highest BCUT2D eigenvalue weighted by Crippen LogP contribution is 2.34. The van der Waals surface area contributed by atoms with Crippen LogP contribution in [0, 0.1) is 0 Å². The van der Waals surface area contributed by atoms with Crippen molar-refractivity contribution in [2.45, 2.75) is 25.8 Å². The second kappa shape index (κ2) is 6.98. The molecule has 0 saturated heterocycles. The normalized spacial score (nSPS) is 13.3. The Hall–Kier alpha value is -2.18. The molecule has 0 spiro atoms. The van der Waals surface area contributed by atoms with Crippen molar-refractivity contribution < 1.29 is 9.47 Å². The number of thiophene rings is 1. The van der Waals surface area contributed by atoms with Gasteiger partial charge in [0.15, 0.2) is 0 Å². The first kappa shape index (κ1) is 16.3. The van der Waals surface area contributed by atoms with E-state index in [1.807, 2.05) is 24.3 Å². The van der Waals surface area contributed by atoms with Crippen molar-refractivity contribution in [1.29, 1.82) is 0 Å². The van der Waals surface area contributed by atoms with E-state index in [0.29, 0.717) is 19.8 Å². The zero-order valence-corrected chi connectivity index (χ0v) is 15.0. The van der Waals surface area contributed by atoms with Crippen LogP contribution < -0.4 is 10.3 Å². The van der Waals surface area contributed by atoms with E-state index in [0.717, 1.165) is 40.8 Å². The van der Waals surface area contributed by atoms with Gasteiger partial charge in [0.25, 0.3) is 5.56 Å². The van der Waals surface area contributed by atoms with Gasteiger partial charge in [-0.15, -0.1) is 11.3 Å². The molecule has 0 aliphatic heterocycles. The number of fused-ring (bicyclic) bond motifs is 3. The zero-order chi connectivity index (χ0) is 17.2. The van der Waals surface area contributed by atoms with E-state index >= 15 is 0 Å². The minimum Gasteiger partial charge on any atom is -0.491 e. The molecule has 3 aromatic rings. The van der Waals surface area contributed by atoms with Gasteiger partial charge in [0.1, 0.15) is 17.2 Å². The SMILES string of the molecule is COCCOc1ccccc1Cn1cnc2sc3c(c2c1=O)CCC3. The molecule has 6 heteroatoms. The van der Waals surface area contributed by atoms with Crippen LogP contribution in [-0.2, 0) is 24.1 Å². The van der Waals surface area contributed by atoms with E-state index in [1.54, 1.807) is 29.3 Å². The van der Waals surface area contributed by atoms with Gasteiger partial charge in [-0.05, 0) is 30.9 Å². The monoisotopic (exact) mass is 356 g/mol. The largest absolute Gasteiger partial charge is 0.491 e. The lowest BCUT2D eigenvalue weighted by Crippen LogP contribution is -2.21. The zero-order valence-electron chi connectivity index (χ0n) is 14.2. The third-order valence-corrected chi connectivity index (χ3v) is 5.75. The van der Waals surface area contributed by atoms with Crippen LogP contribution in [-0.4, -0.2) is 29.9 Å². The molecule has 0 fully saturated rings. The number of rotatable bonds is 6. The minimum atomic E-state index is 0.0519. The van der Waals surface area contributed by atoms with Crippen molar-refractivity contribution in [2.75, 3.05) is 20.3 Å². The van der Waals surface area contributed by atoms with E-state index in [4.69, 9.17) is 9.47 Å². The summed E-state index contributed by atoms with van der Waals surface area (Å²) >= 11 is 1.67. The summed E-state index contributed by atoms with van der Waals surface area (Å²) in [5.41, 5.74) is 2.24. The van der Waals surface area contributed by atoms with Gasteiger partial charge in [-0.3, -0.25) is 9.36 Å². The number of nitrogens with zero attached hydrogens (tertiary/aromatic N) is 2. The van der Waals surface area contributed by atoms with Gasteiger partial charge in [0.05, 0.1) is 24.9 Å². The third kappa shape index (κ3) is 3.07. The Morgan fingerprint density at radius 1 is 1.24 bits per heavy atom. The number of hydrogen-bond donors (Lipinski definition) is 0. The van der Waals surface area contributed by atoms with Crippen molar-refractivity contribution in [3.8, 4) is 5.75 Å². The predicted molar refractivity (Wildman–Crippen MR) is 98.8 cm³/mol. The van der Waals surface area contributed by atoms with Crippen molar-refractivity contribution in [1.82, 2.24) is 9.55 Å². The summed E-state index contributed by atoms with van der Waals surface area (Å²) in [6.07, 6.45) is 4.86. The number of aromatic nitrogens is 2. The van der Waals surface area contributed by atoms with Gasteiger partial charge in [0.2, 0.25) is 0 Å². The van der Waals surface area contributed by atoms with Crippen LogP contribution in [0.2, 0.25) is 0 Å². The number of para-hydroxylation sites is 1. The number of hydrogen-bond acceptors (Lipinski definition) is 5. The van der Waals surface area contributed by atoms with Crippen LogP contribution >= 0.6 is 11.3 Å². The van der Waals surface area contributed by atoms with Crippen LogP contribution in [0.5, 0.6) is 5.75 Å². The second-order valence-corrected chi connectivity index (χ2v) is 7.25. The highest BCUT2D eigenvalue weighted by atomic mass is 32.1. The van der Waals surface area contributed by atoms with E-state index in [-0.39, 0.29) is 5.56 Å². The number of ether oxygens (including phenoxy) is 2. The van der Waals surface area contributed by atoms with Crippen LogP contribution in [0.25, 0.3) is 10.2 Å². The van der Waals surface area contributed by atoms with Crippen LogP contribution in [0.4, 0.5) is 0 Å². The molecule has 4 rings (SSSR count). The molecule has 1 aliphatic rings. The summed E-state index contributed by atoms with van der Waals surface area (Å²) in [6, 6.07) is 7.79. The summed E-state index contributed by atoms with van der Waals surface area (Å²) in [7, 11) is 1.65. The predicted octanol–water partition coefficient (Wildman–Crippen LogP) is 3.02. The van der Waals surface area contributed by atoms with Gasteiger partial charge in [0, 0.05) is 17.6 Å². The van der Waals surface area contributed by atoms with Gasteiger partial charge in [-0.2, -0.15) is 0 Å². The molecule has 2 heterocycles. The maximum atomic E-state index is 13.0. The minimum absolute atomic E-state index is 0.0519. The molecule has 5 nitrogen and oxygen atoms in total. The lowest BCUT2D eigenvalue weighted by atomic mass is 10.2. The maximum Gasteiger partial charge on any atom is 0.262 e. The quantitative estimate of drug-likeness (QED) is 0.637. The Morgan fingerprint density at radius 3 is 3.00 bits per heavy atom. The number of benzene rings is 1. The van der Waals surface area contributed by atoms with Gasteiger partial charge >= 0.3 is 0 Å². The molecule has 0 saturated carbocycles. The average Bonchev–Trinajstić information content (AvgIpc) is 3.20. The standard InChI is InChI=1S/C19H20N2O3S/c1-23-9-10-24-15-7-3-2-5-13(15)11-21-12-20-18-17(19(21)22)14-6-4-8-16(14)25-18/h2-3,5,7,12H,4,6,8-11H2,1H3. The Kier molecular flexibility index (Phi) is 4.55. The molecule has 0 N–H and O–H groups in total. The van der Waals surface area contributed by atoms with Gasteiger partial charge < -0.3 is 9.47 Å². The fraction of sp³-hybridized carbons (Fsp3) is 0.368. The summed E-state index contributed by atoms with van der Waals surface area (Å²) in [5, 5.41) is 0.817.